The molecule has 0 aromatic rings. The predicted molar refractivity (Wildman–Crippen MR) is 74.1 cm³/mol. The van der Waals surface area contributed by atoms with Crippen LogP contribution in [-0.2, 0) is 4.79 Å². The second kappa shape index (κ2) is 7.36. The number of carboxylic acid groups (broad SMARTS) is 1. The van der Waals surface area contributed by atoms with Crippen LogP contribution >= 0.6 is 0 Å². The standard InChI is InChI=1S/C14H26N2O3/c1-14(2)9-7-11-16(14)13(19)15-10-6-4-3-5-8-12(17)18/h3-11H2,1-2H3,(H,15,19)(H,17,18). The number of hydrogen-bond acceptors (Lipinski definition) is 2. The number of carboxylic acids is 1. The highest BCUT2D eigenvalue weighted by Gasteiger charge is 2.34. The lowest BCUT2D eigenvalue weighted by atomic mass is 10.0. The fourth-order valence-corrected chi connectivity index (χ4v) is 2.53. The van der Waals surface area contributed by atoms with Gasteiger partial charge in [0.2, 0.25) is 0 Å². The summed E-state index contributed by atoms with van der Waals surface area (Å²) in [6, 6.07) is 0.0352. The van der Waals surface area contributed by atoms with Crippen LogP contribution in [0.4, 0.5) is 4.79 Å². The molecular weight excluding hydrogens is 244 g/mol. The van der Waals surface area contributed by atoms with Crippen LogP contribution in [0.3, 0.4) is 0 Å². The second-order valence-corrected chi connectivity index (χ2v) is 5.86. The summed E-state index contributed by atoms with van der Waals surface area (Å²) in [5.41, 5.74) is -0.0223. The molecule has 0 aromatic heterocycles. The average molecular weight is 270 g/mol. The molecule has 0 bridgehead atoms. The van der Waals surface area contributed by atoms with Crippen molar-refractivity contribution in [3.8, 4) is 0 Å². The molecular formula is C14H26N2O3. The molecule has 2 amide bonds. The molecule has 5 heteroatoms. The van der Waals surface area contributed by atoms with Crippen LogP contribution in [0, 0.1) is 0 Å². The maximum atomic E-state index is 12.0. The Kier molecular flexibility index (Phi) is 6.12. The predicted octanol–water partition coefficient (Wildman–Crippen LogP) is 2.61. The Hall–Kier alpha value is -1.26. The lowest BCUT2D eigenvalue weighted by Crippen LogP contribution is -2.48. The topological polar surface area (TPSA) is 69.6 Å². The van der Waals surface area contributed by atoms with Crippen LogP contribution in [0.1, 0.15) is 58.8 Å². The molecule has 0 atom stereocenters. The van der Waals surface area contributed by atoms with Gasteiger partial charge in [-0.15, -0.1) is 0 Å². The van der Waals surface area contributed by atoms with Gasteiger partial charge in [-0.1, -0.05) is 12.8 Å². The van der Waals surface area contributed by atoms with Crippen LogP contribution in [-0.4, -0.2) is 40.6 Å². The molecule has 1 saturated heterocycles. The second-order valence-electron chi connectivity index (χ2n) is 5.86. The Labute approximate surface area is 115 Å². The van der Waals surface area contributed by atoms with Crippen LogP contribution < -0.4 is 5.32 Å². The molecule has 1 aliphatic heterocycles. The molecule has 0 aromatic carbocycles. The normalized spacial score (nSPS) is 17.5. The maximum absolute atomic E-state index is 12.0. The number of nitrogens with one attached hydrogen (secondary N) is 1. The van der Waals surface area contributed by atoms with Gasteiger partial charge in [0.05, 0.1) is 0 Å². The van der Waals surface area contributed by atoms with E-state index in [2.05, 4.69) is 19.2 Å². The Morgan fingerprint density at radius 3 is 2.47 bits per heavy atom. The van der Waals surface area contributed by atoms with E-state index in [4.69, 9.17) is 5.11 Å². The molecule has 19 heavy (non-hydrogen) atoms. The molecule has 2 N–H and O–H groups in total. The van der Waals surface area contributed by atoms with Crippen molar-refractivity contribution in [1.29, 1.82) is 0 Å². The number of rotatable bonds is 7. The number of carbonyl (C=O) groups excluding carboxylic acids is 1. The zero-order valence-electron chi connectivity index (χ0n) is 12.1. The van der Waals surface area contributed by atoms with Gasteiger partial charge in [-0.05, 0) is 39.5 Å². The average Bonchev–Trinajstić information content (AvgIpc) is 2.67. The molecule has 1 fully saturated rings. The summed E-state index contributed by atoms with van der Waals surface area (Å²) >= 11 is 0. The number of amides is 2. The number of urea groups is 1. The van der Waals surface area contributed by atoms with Crippen molar-refractivity contribution >= 4 is 12.0 Å². The maximum Gasteiger partial charge on any atom is 0.317 e. The summed E-state index contributed by atoms with van der Waals surface area (Å²) in [5.74, 6) is -0.732. The molecule has 1 heterocycles. The van der Waals surface area contributed by atoms with Crippen molar-refractivity contribution in [2.75, 3.05) is 13.1 Å². The van der Waals surface area contributed by atoms with Gasteiger partial charge in [0.25, 0.3) is 0 Å². The van der Waals surface area contributed by atoms with Crippen LogP contribution in [0.2, 0.25) is 0 Å². The quantitative estimate of drug-likeness (QED) is 0.699. The van der Waals surface area contributed by atoms with E-state index in [9.17, 15) is 9.59 Å². The molecule has 0 radical (unpaired) electrons. The fourth-order valence-electron chi connectivity index (χ4n) is 2.53. The van der Waals surface area contributed by atoms with E-state index in [1.54, 1.807) is 0 Å². The molecule has 0 saturated carbocycles. The van der Waals surface area contributed by atoms with Crippen molar-refractivity contribution in [2.24, 2.45) is 0 Å². The lowest BCUT2D eigenvalue weighted by molar-refractivity contribution is -0.137. The van der Waals surface area contributed by atoms with Gasteiger partial charge >= 0.3 is 12.0 Å². The zero-order chi connectivity index (χ0) is 14.3. The smallest absolute Gasteiger partial charge is 0.317 e. The third kappa shape index (κ3) is 5.49. The van der Waals surface area contributed by atoms with Gasteiger partial charge in [-0.2, -0.15) is 0 Å². The van der Waals surface area contributed by atoms with Gasteiger partial charge in [0.1, 0.15) is 0 Å². The molecule has 5 nitrogen and oxygen atoms in total. The Morgan fingerprint density at radius 2 is 1.89 bits per heavy atom. The van der Waals surface area contributed by atoms with Crippen molar-refractivity contribution in [1.82, 2.24) is 10.2 Å². The van der Waals surface area contributed by atoms with E-state index in [0.717, 1.165) is 45.1 Å². The van der Waals surface area contributed by atoms with E-state index in [-0.39, 0.29) is 18.0 Å². The fraction of sp³-hybridized carbons (Fsp3) is 0.857. The Morgan fingerprint density at radius 1 is 1.21 bits per heavy atom. The molecule has 1 rings (SSSR count). The number of hydrogen-bond donors (Lipinski definition) is 2. The summed E-state index contributed by atoms with van der Waals surface area (Å²) < 4.78 is 0. The number of nitrogens with zero attached hydrogens (tertiary/aromatic N) is 1. The molecule has 0 unspecified atom stereocenters. The zero-order valence-corrected chi connectivity index (χ0v) is 12.1. The summed E-state index contributed by atoms with van der Waals surface area (Å²) in [7, 11) is 0. The third-order valence-corrected chi connectivity index (χ3v) is 3.74. The summed E-state index contributed by atoms with van der Waals surface area (Å²) in [6.07, 6.45) is 5.91. The summed E-state index contributed by atoms with van der Waals surface area (Å²) in [6.45, 7) is 5.73. The first-order valence-electron chi connectivity index (χ1n) is 7.21. The third-order valence-electron chi connectivity index (χ3n) is 3.74. The molecule has 0 aliphatic carbocycles. The number of aliphatic carboxylic acids is 1. The van der Waals surface area contributed by atoms with E-state index in [1.165, 1.54) is 0 Å². The first-order valence-corrected chi connectivity index (χ1v) is 7.21. The highest BCUT2D eigenvalue weighted by molar-refractivity contribution is 5.75. The van der Waals surface area contributed by atoms with E-state index in [1.807, 2.05) is 4.90 Å². The van der Waals surface area contributed by atoms with Crippen LogP contribution in [0.15, 0.2) is 0 Å². The van der Waals surface area contributed by atoms with E-state index < -0.39 is 5.97 Å². The lowest BCUT2D eigenvalue weighted by Gasteiger charge is -2.31. The van der Waals surface area contributed by atoms with Gasteiger partial charge in [0, 0.05) is 25.0 Å². The van der Waals surface area contributed by atoms with Gasteiger partial charge in [-0.25, -0.2) is 4.79 Å². The molecule has 0 spiro atoms. The number of carbonyl (C=O) groups is 2. The first-order chi connectivity index (χ1) is 8.93. The van der Waals surface area contributed by atoms with Crippen LogP contribution in [0.5, 0.6) is 0 Å². The Bertz CT molecular complexity index is 316. The van der Waals surface area contributed by atoms with Crippen molar-refractivity contribution in [3.63, 3.8) is 0 Å². The Balaban J connectivity index is 2.06. The summed E-state index contributed by atoms with van der Waals surface area (Å²) in [4.78, 5) is 24.2. The molecule has 110 valence electrons. The van der Waals surface area contributed by atoms with Gasteiger partial charge in [-0.3, -0.25) is 4.79 Å². The highest BCUT2D eigenvalue weighted by atomic mass is 16.4. The minimum Gasteiger partial charge on any atom is -0.481 e. The van der Waals surface area contributed by atoms with Crippen molar-refractivity contribution in [2.45, 2.75) is 64.3 Å². The highest BCUT2D eigenvalue weighted by Crippen LogP contribution is 2.27. The number of unbranched alkanes of at least 4 members (excludes halogenated alkanes) is 3. The van der Waals surface area contributed by atoms with Crippen LogP contribution in [0.25, 0.3) is 0 Å². The molecule has 1 aliphatic rings. The largest absolute Gasteiger partial charge is 0.481 e. The van der Waals surface area contributed by atoms with Crippen molar-refractivity contribution in [3.05, 3.63) is 0 Å². The minimum absolute atomic E-state index is 0.0223. The first kappa shape index (κ1) is 15.8. The minimum atomic E-state index is -0.732. The van der Waals surface area contributed by atoms with Crippen molar-refractivity contribution < 1.29 is 14.7 Å². The van der Waals surface area contributed by atoms with Gasteiger partial charge < -0.3 is 15.3 Å². The summed E-state index contributed by atoms with van der Waals surface area (Å²) in [5, 5.41) is 11.4. The van der Waals surface area contributed by atoms with Gasteiger partial charge in [0.15, 0.2) is 0 Å². The monoisotopic (exact) mass is 270 g/mol. The van der Waals surface area contributed by atoms with E-state index in [0.29, 0.717) is 6.54 Å². The number of likely N-dealkylation sites (tertiary alicyclic amines) is 1. The SMILES string of the molecule is CC1(C)CCCN1C(=O)NCCCCCCC(=O)O. The van der Waals surface area contributed by atoms with E-state index >= 15 is 0 Å².